The van der Waals surface area contributed by atoms with Gasteiger partial charge in [-0.1, -0.05) is 51.1 Å². The third-order valence-corrected chi connectivity index (χ3v) is 13.5. The van der Waals surface area contributed by atoms with Gasteiger partial charge in [-0.2, -0.15) is 0 Å². The zero-order valence-corrected chi connectivity index (χ0v) is 31.2. The van der Waals surface area contributed by atoms with Crippen molar-refractivity contribution in [3.63, 3.8) is 0 Å². The molecule has 0 heterocycles. The van der Waals surface area contributed by atoms with E-state index in [1.807, 2.05) is 30.3 Å². The number of alkyl carbamates (subject to hydrolysis) is 1. The molecule has 0 bridgehead atoms. The van der Waals surface area contributed by atoms with Gasteiger partial charge in [-0.25, -0.2) is 4.79 Å². The summed E-state index contributed by atoms with van der Waals surface area (Å²) in [6.07, 6.45) is 3.97. The molecule has 4 aliphatic rings. The van der Waals surface area contributed by atoms with E-state index in [4.69, 9.17) is 9.47 Å². The fourth-order valence-electron chi connectivity index (χ4n) is 10.9. The molecule has 13 atom stereocenters. The maximum absolute atomic E-state index is 13.9. The van der Waals surface area contributed by atoms with Crippen LogP contribution in [0.1, 0.15) is 112 Å². The lowest BCUT2D eigenvalue weighted by Gasteiger charge is -2.63. The molecule has 4 saturated carbocycles. The first-order valence-corrected chi connectivity index (χ1v) is 19.0. The average Bonchev–Trinajstić information content (AvgIpc) is 3.40. The van der Waals surface area contributed by atoms with Crippen molar-refractivity contribution in [1.29, 1.82) is 0 Å². The normalized spacial score (nSPS) is 36.9. The Balaban J connectivity index is 1.26. The van der Waals surface area contributed by atoms with Gasteiger partial charge in [0.25, 0.3) is 0 Å². The van der Waals surface area contributed by atoms with Crippen LogP contribution in [0.3, 0.4) is 0 Å². The van der Waals surface area contributed by atoms with Crippen molar-refractivity contribution < 1.29 is 39.2 Å². The van der Waals surface area contributed by atoms with Crippen molar-refractivity contribution in [1.82, 2.24) is 10.6 Å². The second-order valence-electron chi connectivity index (χ2n) is 17.6. The summed E-state index contributed by atoms with van der Waals surface area (Å²) in [6.45, 7) is 14.1. The summed E-state index contributed by atoms with van der Waals surface area (Å²) >= 11 is 0. The smallest absolute Gasteiger partial charge is 0.408 e. The molecule has 1 aromatic carbocycles. The van der Waals surface area contributed by atoms with E-state index in [1.54, 1.807) is 27.7 Å². The Hall–Kier alpha value is -2.69. The summed E-state index contributed by atoms with van der Waals surface area (Å²) in [5.41, 5.74) is -0.190. The van der Waals surface area contributed by atoms with Gasteiger partial charge in [0.05, 0.1) is 24.9 Å². The van der Waals surface area contributed by atoms with Gasteiger partial charge in [0.2, 0.25) is 5.91 Å². The maximum atomic E-state index is 13.9. The molecule has 0 aromatic heterocycles. The summed E-state index contributed by atoms with van der Waals surface area (Å²) in [5, 5.41) is 39.0. The third-order valence-electron chi connectivity index (χ3n) is 13.5. The second kappa shape index (κ2) is 15.1. The number of aliphatic hydroxyl groups is 2. The molecule has 5 N–H and O–H groups in total. The Labute approximate surface area is 298 Å². The van der Waals surface area contributed by atoms with E-state index < -0.39 is 42.0 Å². The molecule has 10 nitrogen and oxygen atoms in total. The topological polar surface area (TPSA) is 154 Å². The number of aliphatic hydroxyl groups excluding tert-OH is 2. The van der Waals surface area contributed by atoms with Crippen LogP contribution < -0.4 is 10.6 Å². The van der Waals surface area contributed by atoms with Crippen LogP contribution >= 0.6 is 0 Å². The lowest BCUT2D eigenvalue weighted by molar-refractivity contribution is -0.202. The molecule has 280 valence electrons. The van der Waals surface area contributed by atoms with Gasteiger partial charge in [-0.15, -0.1) is 0 Å². The predicted octanol–water partition coefficient (Wildman–Crippen LogP) is 6.07. The first kappa shape index (κ1) is 38.5. The molecule has 4 fully saturated rings. The minimum absolute atomic E-state index is 0.0826. The van der Waals surface area contributed by atoms with E-state index >= 15 is 0 Å². The predicted molar refractivity (Wildman–Crippen MR) is 190 cm³/mol. The highest BCUT2D eigenvalue weighted by Gasteiger charge is 2.65. The molecule has 0 spiro atoms. The molecule has 1 aromatic rings. The third kappa shape index (κ3) is 8.02. The van der Waals surface area contributed by atoms with Crippen LogP contribution in [-0.4, -0.2) is 69.3 Å². The van der Waals surface area contributed by atoms with Crippen molar-refractivity contribution in [2.45, 2.75) is 149 Å². The first-order valence-electron chi connectivity index (χ1n) is 19.0. The van der Waals surface area contributed by atoms with Crippen molar-refractivity contribution in [2.75, 3.05) is 0 Å². The van der Waals surface area contributed by atoms with Crippen molar-refractivity contribution in [2.24, 2.45) is 46.3 Å². The standard InChI is InChI=1S/C40H62N2O8/c1-23(13-16-33(45)46)28-14-15-29-34-30(21-32(44)40(28,29)7)39(6)18-17-27(19-26(39)20-31(34)43)41-36(47)35(42-37(48)50-38(3,4)5)24(2)49-22-25-11-9-8-10-12-25/h8-12,23-24,26-32,34-35,43-44H,13-22H2,1-7H3,(H,41,47)(H,42,48)(H,45,46)/t23-,24-,26-,27+,28-,29+,30+,31-,32+,34+,35+,39+,40-/m1/s1. The van der Waals surface area contributed by atoms with Crippen LogP contribution in [0.25, 0.3) is 0 Å². The minimum atomic E-state index is -0.970. The van der Waals surface area contributed by atoms with E-state index in [-0.39, 0.29) is 64.7 Å². The van der Waals surface area contributed by atoms with E-state index in [0.29, 0.717) is 32.3 Å². The zero-order chi connectivity index (χ0) is 36.6. The average molecular weight is 699 g/mol. The van der Waals surface area contributed by atoms with Gasteiger partial charge in [0, 0.05) is 12.5 Å². The number of ether oxygens (including phenoxy) is 2. The Morgan fingerprint density at radius 2 is 1.68 bits per heavy atom. The number of carbonyl (C=O) groups is 3. The highest BCUT2D eigenvalue weighted by Crippen LogP contribution is 2.68. The quantitative estimate of drug-likeness (QED) is 0.187. The van der Waals surface area contributed by atoms with Gasteiger partial charge < -0.3 is 35.4 Å². The highest BCUT2D eigenvalue weighted by atomic mass is 16.6. The van der Waals surface area contributed by atoms with Crippen LogP contribution in [-0.2, 0) is 25.7 Å². The van der Waals surface area contributed by atoms with Gasteiger partial charge in [0.1, 0.15) is 11.6 Å². The Morgan fingerprint density at radius 3 is 2.34 bits per heavy atom. The number of fused-ring (bicyclic) bond motifs is 5. The fraction of sp³-hybridized carbons (Fsp3) is 0.775. The van der Waals surface area contributed by atoms with E-state index in [1.165, 1.54) is 0 Å². The Bertz CT molecular complexity index is 1350. The molecule has 4 aliphatic carbocycles. The summed E-state index contributed by atoms with van der Waals surface area (Å²) in [7, 11) is 0. The molecule has 0 radical (unpaired) electrons. The fourth-order valence-corrected chi connectivity index (χ4v) is 10.9. The van der Waals surface area contributed by atoms with Crippen LogP contribution in [0.15, 0.2) is 30.3 Å². The van der Waals surface area contributed by atoms with Crippen molar-refractivity contribution in [3.05, 3.63) is 35.9 Å². The number of benzene rings is 1. The van der Waals surface area contributed by atoms with Gasteiger partial charge in [0.15, 0.2) is 0 Å². The summed E-state index contributed by atoms with van der Waals surface area (Å²) in [5.74, 6) is -0.0594. The second-order valence-corrected chi connectivity index (χ2v) is 17.6. The number of hydrogen-bond acceptors (Lipinski definition) is 7. The maximum Gasteiger partial charge on any atom is 0.408 e. The van der Waals surface area contributed by atoms with E-state index in [2.05, 4.69) is 31.4 Å². The molecule has 0 saturated heterocycles. The molecule has 2 amide bonds. The molecule has 50 heavy (non-hydrogen) atoms. The summed E-state index contributed by atoms with van der Waals surface area (Å²) in [4.78, 5) is 38.1. The highest BCUT2D eigenvalue weighted by molar-refractivity contribution is 5.86. The molecule has 10 heteroatoms. The number of rotatable bonds is 11. The zero-order valence-electron chi connectivity index (χ0n) is 31.2. The molecular weight excluding hydrogens is 636 g/mol. The van der Waals surface area contributed by atoms with Gasteiger partial charge in [-0.3, -0.25) is 9.59 Å². The molecule has 0 unspecified atom stereocenters. The minimum Gasteiger partial charge on any atom is -0.481 e. The van der Waals surface area contributed by atoms with E-state index in [0.717, 1.165) is 31.2 Å². The Kier molecular flexibility index (Phi) is 11.7. The number of hydrogen-bond donors (Lipinski definition) is 5. The largest absolute Gasteiger partial charge is 0.481 e. The molecule has 5 rings (SSSR count). The van der Waals surface area contributed by atoms with Crippen molar-refractivity contribution in [3.8, 4) is 0 Å². The number of carboxylic acid groups (broad SMARTS) is 1. The lowest BCUT2D eigenvalue weighted by Crippen LogP contribution is -2.63. The number of carboxylic acids is 1. The van der Waals surface area contributed by atoms with Gasteiger partial charge in [-0.05, 0) is 131 Å². The van der Waals surface area contributed by atoms with Crippen LogP contribution in [0.5, 0.6) is 0 Å². The first-order chi connectivity index (χ1) is 23.4. The summed E-state index contributed by atoms with van der Waals surface area (Å²) in [6, 6.07) is 8.59. The molecule has 0 aliphatic heterocycles. The number of aliphatic carboxylic acids is 1. The van der Waals surface area contributed by atoms with E-state index in [9.17, 15) is 29.7 Å². The SMILES string of the molecule is C[C@H](CCC(=O)O)[C@H]1CC[C@H]2[C@@H]3[C@H](O)C[C@H]4C[C@@H](NC(=O)[C@@H](NC(=O)OC(C)(C)C)[C@@H](C)OCc5ccccc5)CC[C@]4(C)[C@H]3C[C@H](O)[C@]12C. The van der Waals surface area contributed by atoms with Gasteiger partial charge >= 0.3 is 12.1 Å². The number of carbonyl (C=O) groups excluding carboxylic acids is 2. The molecular formula is C40H62N2O8. The number of nitrogens with one attached hydrogen (secondary N) is 2. The summed E-state index contributed by atoms with van der Waals surface area (Å²) < 4.78 is 11.6. The monoisotopic (exact) mass is 698 g/mol. The van der Waals surface area contributed by atoms with Crippen LogP contribution in [0.4, 0.5) is 4.79 Å². The Morgan fingerprint density at radius 1 is 0.980 bits per heavy atom. The van der Waals surface area contributed by atoms with Crippen LogP contribution in [0, 0.1) is 46.3 Å². The van der Waals surface area contributed by atoms with Crippen LogP contribution in [0.2, 0.25) is 0 Å². The lowest BCUT2D eigenvalue weighted by atomic mass is 9.43. The number of amides is 2. The van der Waals surface area contributed by atoms with Crippen molar-refractivity contribution >= 4 is 18.0 Å².